The molecule has 0 aliphatic carbocycles. The van der Waals surface area contributed by atoms with E-state index in [0.717, 1.165) is 18.6 Å². The standard InChI is InChI=1S/C13H14N4O5S/c1-8-3-5-10(6-4-8)23(19,20)22-12-7-11(14)17(13(15)16-12)21-9(2)18/h3-7,14H,1-2H3,(H2,15,16). The number of nitrogen functional groups attached to an aromatic ring is 1. The van der Waals surface area contributed by atoms with Gasteiger partial charge in [-0.05, 0) is 19.1 Å². The average Bonchev–Trinajstić information content (AvgIpc) is 2.42. The molecule has 0 unspecified atom stereocenters. The molecule has 1 aromatic heterocycles. The minimum Gasteiger partial charge on any atom is -0.367 e. The maximum absolute atomic E-state index is 12.1. The van der Waals surface area contributed by atoms with Gasteiger partial charge in [0, 0.05) is 13.0 Å². The number of carbonyl (C=O) groups is 1. The molecule has 0 fully saturated rings. The van der Waals surface area contributed by atoms with Gasteiger partial charge in [0.15, 0.2) is 5.49 Å². The van der Waals surface area contributed by atoms with Crippen LogP contribution in [-0.4, -0.2) is 24.1 Å². The van der Waals surface area contributed by atoms with Crippen molar-refractivity contribution >= 4 is 22.0 Å². The van der Waals surface area contributed by atoms with Gasteiger partial charge in [-0.15, -0.1) is 4.73 Å². The fraction of sp³-hybridized carbons (Fsp3) is 0.154. The second kappa shape index (κ2) is 6.08. The number of hydrogen-bond acceptors (Lipinski definition) is 8. The van der Waals surface area contributed by atoms with Gasteiger partial charge in [-0.2, -0.15) is 13.4 Å². The largest absolute Gasteiger partial charge is 0.367 e. The van der Waals surface area contributed by atoms with Crippen LogP contribution < -0.4 is 20.2 Å². The summed E-state index contributed by atoms with van der Waals surface area (Å²) >= 11 is 0. The number of rotatable bonds is 4. The Bertz CT molecular complexity index is 903. The third kappa shape index (κ3) is 3.86. The number of anilines is 1. The molecular weight excluding hydrogens is 324 g/mol. The van der Waals surface area contributed by atoms with E-state index < -0.39 is 33.4 Å². The number of hydrogen-bond donors (Lipinski definition) is 2. The fourth-order valence-corrected chi connectivity index (χ4v) is 2.50. The summed E-state index contributed by atoms with van der Waals surface area (Å²) in [6.07, 6.45) is 0. The van der Waals surface area contributed by atoms with E-state index in [4.69, 9.17) is 15.3 Å². The van der Waals surface area contributed by atoms with Gasteiger partial charge in [-0.3, -0.25) is 5.41 Å². The molecule has 0 atom stereocenters. The predicted octanol–water partition coefficient (Wildman–Crippen LogP) is -0.00401. The average molecular weight is 338 g/mol. The van der Waals surface area contributed by atoms with Gasteiger partial charge in [0.05, 0.1) is 0 Å². The molecule has 0 aliphatic rings. The third-order valence-corrected chi connectivity index (χ3v) is 3.88. The van der Waals surface area contributed by atoms with Gasteiger partial charge >= 0.3 is 16.1 Å². The molecular formula is C13H14N4O5S. The second-order valence-electron chi connectivity index (χ2n) is 4.57. The summed E-state index contributed by atoms with van der Waals surface area (Å²) in [6, 6.07) is 6.97. The van der Waals surface area contributed by atoms with Crippen molar-refractivity contribution in [2.45, 2.75) is 18.7 Å². The van der Waals surface area contributed by atoms with Crippen LogP contribution in [0.15, 0.2) is 35.2 Å². The molecule has 2 aromatic rings. The number of aryl methyl sites for hydroxylation is 1. The van der Waals surface area contributed by atoms with E-state index in [0.29, 0.717) is 4.73 Å². The van der Waals surface area contributed by atoms with E-state index in [1.54, 1.807) is 12.1 Å². The lowest BCUT2D eigenvalue weighted by atomic mass is 10.2. The summed E-state index contributed by atoms with van der Waals surface area (Å²) < 4.78 is 29.8. The molecule has 23 heavy (non-hydrogen) atoms. The lowest BCUT2D eigenvalue weighted by molar-refractivity contribution is -0.141. The normalized spacial score (nSPS) is 11.0. The maximum atomic E-state index is 12.1. The van der Waals surface area contributed by atoms with Crippen molar-refractivity contribution in [2.75, 3.05) is 5.73 Å². The Morgan fingerprint density at radius 3 is 2.43 bits per heavy atom. The van der Waals surface area contributed by atoms with Crippen LogP contribution in [0.4, 0.5) is 5.95 Å². The Morgan fingerprint density at radius 1 is 1.30 bits per heavy atom. The molecule has 9 nitrogen and oxygen atoms in total. The molecule has 1 aromatic carbocycles. The molecule has 10 heteroatoms. The van der Waals surface area contributed by atoms with Crippen molar-refractivity contribution < 1.29 is 22.2 Å². The minimum atomic E-state index is -4.12. The van der Waals surface area contributed by atoms with Crippen molar-refractivity contribution in [3.8, 4) is 5.88 Å². The molecule has 122 valence electrons. The van der Waals surface area contributed by atoms with Crippen molar-refractivity contribution in [3.05, 3.63) is 41.4 Å². The number of aromatic nitrogens is 2. The maximum Gasteiger partial charge on any atom is 0.340 e. The summed E-state index contributed by atoms with van der Waals surface area (Å²) in [4.78, 5) is 19.2. The zero-order valence-electron chi connectivity index (χ0n) is 12.3. The number of nitrogens with two attached hydrogens (primary N) is 1. The zero-order valence-corrected chi connectivity index (χ0v) is 13.1. The molecule has 0 amide bonds. The highest BCUT2D eigenvalue weighted by molar-refractivity contribution is 7.87. The number of benzene rings is 1. The first-order valence-corrected chi connectivity index (χ1v) is 7.74. The summed E-state index contributed by atoms with van der Waals surface area (Å²) in [5, 5.41) is 7.68. The molecule has 0 aliphatic heterocycles. The Balaban J connectivity index is 2.35. The summed E-state index contributed by atoms with van der Waals surface area (Å²) in [7, 11) is -4.12. The van der Waals surface area contributed by atoms with Crippen LogP contribution in [0.1, 0.15) is 12.5 Å². The van der Waals surface area contributed by atoms with Crippen LogP contribution in [0.2, 0.25) is 0 Å². The van der Waals surface area contributed by atoms with E-state index in [-0.39, 0.29) is 4.90 Å². The van der Waals surface area contributed by atoms with E-state index in [1.165, 1.54) is 12.1 Å². The van der Waals surface area contributed by atoms with E-state index in [1.807, 2.05) is 6.92 Å². The molecule has 0 radical (unpaired) electrons. The third-order valence-electron chi connectivity index (χ3n) is 2.64. The number of nitrogens with zero attached hydrogens (tertiary/aromatic N) is 2. The Labute approximate surface area is 131 Å². The second-order valence-corrected chi connectivity index (χ2v) is 6.11. The first-order valence-electron chi connectivity index (χ1n) is 6.33. The van der Waals surface area contributed by atoms with E-state index >= 15 is 0 Å². The lowest BCUT2D eigenvalue weighted by Crippen LogP contribution is -2.32. The number of carbonyl (C=O) groups excluding carboxylic acids is 1. The first kappa shape index (κ1) is 16.5. The van der Waals surface area contributed by atoms with Gasteiger partial charge in [0.2, 0.25) is 11.8 Å². The highest BCUT2D eigenvalue weighted by atomic mass is 32.2. The van der Waals surface area contributed by atoms with Gasteiger partial charge in [0.1, 0.15) is 4.90 Å². The van der Waals surface area contributed by atoms with Crippen LogP contribution in [-0.2, 0) is 14.9 Å². The van der Waals surface area contributed by atoms with Gasteiger partial charge in [-0.1, -0.05) is 17.7 Å². The summed E-state index contributed by atoms with van der Waals surface area (Å²) in [5.41, 5.74) is 6.02. The monoisotopic (exact) mass is 338 g/mol. The van der Waals surface area contributed by atoms with Crippen LogP contribution >= 0.6 is 0 Å². The zero-order chi connectivity index (χ0) is 17.2. The molecule has 0 bridgehead atoms. The highest BCUT2D eigenvalue weighted by Crippen LogP contribution is 2.16. The molecule has 2 rings (SSSR count). The summed E-state index contributed by atoms with van der Waals surface area (Å²) in [6.45, 7) is 2.94. The van der Waals surface area contributed by atoms with Crippen LogP contribution in [0.3, 0.4) is 0 Å². The van der Waals surface area contributed by atoms with Gasteiger partial charge in [0.25, 0.3) is 0 Å². The van der Waals surface area contributed by atoms with Crippen LogP contribution in [0.25, 0.3) is 0 Å². The minimum absolute atomic E-state index is 0.0632. The van der Waals surface area contributed by atoms with Crippen LogP contribution in [0, 0.1) is 12.3 Å². The Hall–Kier alpha value is -2.88. The van der Waals surface area contributed by atoms with Gasteiger partial charge in [-0.25, -0.2) is 4.79 Å². The van der Waals surface area contributed by atoms with Crippen molar-refractivity contribution in [1.29, 1.82) is 5.41 Å². The quantitative estimate of drug-likeness (QED) is 0.748. The van der Waals surface area contributed by atoms with Crippen molar-refractivity contribution in [2.24, 2.45) is 0 Å². The number of nitrogens with one attached hydrogen (secondary N) is 1. The molecule has 0 saturated heterocycles. The molecule has 3 N–H and O–H groups in total. The first-order chi connectivity index (χ1) is 10.7. The molecule has 1 heterocycles. The molecule has 0 saturated carbocycles. The Kier molecular flexibility index (Phi) is 4.36. The van der Waals surface area contributed by atoms with Crippen molar-refractivity contribution in [3.63, 3.8) is 0 Å². The fourth-order valence-electron chi connectivity index (χ4n) is 1.62. The Morgan fingerprint density at radius 2 is 1.91 bits per heavy atom. The summed E-state index contributed by atoms with van der Waals surface area (Å²) in [5.74, 6) is -1.52. The van der Waals surface area contributed by atoms with Crippen LogP contribution in [0.5, 0.6) is 5.88 Å². The van der Waals surface area contributed by atoms with Gasteiger partial charge < -0.3 is 14.8 Å². The van der Waals surface area contributed by atoms with Crippen molar-refractivity contribution in [1.82, 2.24) is 9.71 Å². The SMILES string of the molecule is CC(=O)On1c(N)nc(OS(=O)(=O)c2ccc(C)cc2)cc1=N. The van der Waals surface area contributed by atoms with E-state index in [2.05, 4.69) is 9.82 Å². The predicted molar refractivity (Wildman–Crippen MR) is 78.7 cm³/mol. The highest BCUT2D eigenvalue weighted by Gasteiger charge is 2.18. The topological polar surface area (TPSA) is 137 Å². The van der Waals surface area contributed by atoms with E-state index in [9.17, 15) is 13.2 Å². The smallest absolute Gasteiger partial charge is 0.340 e. The lowest BCUT2D eigenvalue weighted by Gasteiger charge is -2.10. The molecule has 0 spiro atoms.